The van der Waals surface area contributed by atoms with Gasteiger partial charge in [-0.1, -0.05) is 49.0 Å². The summed E-state index contributed by atoms with van der Waals surface area (Å²) in [4.78, 5) is 12.0. The first-order chi connectivity index (χ1) is 15.6. The first-order valence-electron chi connectivity index (χ1n) is 11.2. The van der Waals surface area contributed by atoms with E-state index >= 15 is 0 Å². The molecule has 6 nitrogen and oxygen atoms in total. The molecule has 7 heteroatoms. The molecule has 1 unspecified atom stereocenters. The molecule has 0 fully saturated rings. The van der Waals surface area contributed by atoms with Crippen LogP contribution in [0.15, 0.2) is 59.8 Å². The van der Waals surface area contributed by atoms with Crippen molar-refractivity contribution in [1.82, 2.24) is 20.1 Å². The Morgan fingerprint density at radius 2 is 1.84 bits per heavy atom. The average Bonchev–Trinajstić information content (AvgIpc) is 3.21. The number of carbonyl (C=O) groups is 1. The number of unbranched alkanes of at least 4 members (excludes halogenated alkanes) is 1. The second kappa shape index (κ2) is 12.3. The number of hydrogen-bond donors (Lipinski definition) is 1. The number of nitrogens with zero attached hydrogens (tertiary/aromatic N) is 3. The number of ether oxygens (including phenoxy) is 1. The quantitative estimate of drug-likeness (QED) is 0.308. The van der Waals surface area contributed by atoms with Gasteiger partial charge in [0.25, 0.3) is 0 Å². The standard InChI is InChI=1S/C25H32N4O2S/c1-4-19(2)26-24(30)12-8-9-17-32-25-28-27-23(18-20-10-6-5-7-11-20)29(25)21-13-15-22(31-3)16-14-21/h5-7,10-11,13-16,19H,4,8-9,12,17-18H2,1-3H3,(H,26,30). The smallest absolute Gasteiger partial charge is 0.220 e. The molecule has 1 aromatic heterocycles. The topological polar surface area (TPSA) is 69.0 Å². The molecule has 0 radical (unpaired) electrons. The first kappa shape index (κ1) is 23.9. The summed E-state index contributed by atoms with van der Waals surface area (Å²) in [5.41, 5.74) is 2.20. The van der Waals surface area contributed by atoms with Gasteiger partial charge >= 0.3 is 0 Å². The van der Waals surface area contributed by atoms with E-state index in [0.717, 1.165) is 47.4 Å². The summed E-state index contributed by atoms with van der Waals surface area (Å²) >= 11 is 1.68. The van der Waals surface area contributed by atoms with Crippen LogP contribution in [0, 0.1) is 0 Å². The van der Waals surface area contributed by atoms with Crippen molar-refractivity contribution in [3.63, 3.8) is 0 Å². The molecular weight excluding hydrogens is 420 g/mol. The second-order valence-corrected chi connectivity index (χ2v) is 8.84. The highest BCUT2D eigenvalue weighted by Crippen LogP contribution is 2.26. The van der Waals surface area contributed by atoms with Crippen LogP contribution in [0.1, 0.15) is 50.9 Å². The Morgan fingerprint density at radius 3 is 2.53 bits per heavy atom. The normalized spacial score (nSPS) is 11.8. The van der Waals surface area contributed by atoms with Crippen LogP contribution in [0.2, 0.25) is 0 Å². The highest BCUT2D eigenvalue weighted by atomic mass is 32.2. The molecule has 2 aromatic carbocycles. The van der Waals surface area contributed by atoms with Crippen LogP contribution in [0.4, 0.5) is 0 Å². The Labute approximate surface area is 194 Å². The Morgan fingerprint density at radius 1 is 1.09 bits per heavy atom. The summed E-state index contributed by atoms with van der Waals surface area (Å²) < 4.78 is 7.42. The number of aromatic nitrogens is 3. The molecule has 0 aliphatic heterocycles. The van der Waals surface area contributed by atoms with Crippen molar-refractivity contribution in [1.29, 1.82) is 0 Å². The summed E-state index contributed by atoms with van der Waals surface area (Å²) in [5.74, 6) is 2.74. The van der Waals surface area contributed by atoms with E-state index in [1.54, 1.807) is 18.9 Å². The van der Waals surface area contributed by atoms with Crippen LogP contribution in [0.3, 0.4) is 0 Å². The fraction of sp³-hybridized carbons (Fsp3) is 0.400. The van der Waals surface area contributed by atoms with Crippen LogP contribution in [-0.4, -0.2) is 39.6 Å². The highest BCUT2D eigenvalue weighted by Gasteiger charge is 2.15. The molecule has 3 aromatic rings. The fourth-order valence-electron chi connectivity index (χ4n) is 3.28. The molecule has 1 atom stereocenters. The molecule has 0 spiro atoms. The van der Waals surface area contributed by atoms with Gasteiger partial charge in [-0.15, -0.1) is 10.2 Å². The van der Waals surface area contributed by atoms with Gasteiger partial charge in [0.15, 0.2) is 5.16 Å². The van der Waals surface area contributed by atoms with E-state index < -0.39 is 0 Å². The van der Waals surface area contributed by atoms with Gasteiger partial charge in [0.2, 0.25) is 5.91 Å². The van der Waals surface area contributed by atoms with E-state index in [4.69, 9.17) is 4.74 Å². The largest absolute Gasteiger partial charge is 0.497 e. The van der Waals surface area contributed by atoms with Crippen LogP contribution in [0.5, 0.6) is 5.75 Å². The summed E-state index contributed by atoms with van der Waals surface area (Å²) in [5, 5.41) is 12.9. The van der Waals surface area contributed by atoms with Crippen LogP contribution in [0.25, 0.3) is 5.69 Å². The predicted molar refractivity (Wildman–Crippen MR) is 130 cm³/mol. The lowest BCUT2D eigenvalue weighted by molar-refractivity contribution is -0.121. The van der Waals surface area contributed by atoms with Crippen LogP contribution in [-0.2, 0) is 11.2 Å². The van der Waals surface area contributed by atoms with Gasteiger partial charge in [-0.25, -0.2) is 0 Å². The van der Waals surface area contributed by atoms with E-state index in [1.807, 2.05) is 49.4 Å². The van der Waals surface area contributed by atoms with Crippen molar-refractivity contribution < 1.29 is 9.53 Å². The molecule has 32 heavy (non-hydrogen) atoms. The molecular formula is C25H32N4O2S. The van der Waals surface area contributed by atoms with Crippen molar-refractivity contribution in [2.45, 2.75) is 57.1 Å². The number of carbonyl (C=O) groups excluding carboxylic acids is 1. The molecule has 0 saturated carbocycles. The lowest BCUT2D eigenvalue weighted by Crippen LogP contribution is -2.31. The number of methoxy groups -OCH3 is 1. The molecule has 0 aliphatic rings. The molecule has 1 amide bonds. The Bertz CT molecular complexity index is 973. The Balaban J connectivity index is 1.66. The average molecular weight is 453 g/mol. The minimum absolute atomic E-state index is 0.135. The number of nitrogens with one attached hydrogen (secondary N) is 1. The van der Waals surface area contributed by atoms with Crippen molar-refractivity contribution in [3.05, 3.63) is 66.0 Å². The third-order valence-electron chi connectivity index (χ3n) is 5.29. The Hall–Kier alpha value is -2.80. The number of rotatable bonds is 12. The third kappa shape index (κ3) is 6.85. The van der Waals surface area contributed by atoms with Crippen molar-refractivity contribution in [3.8, 4) is 11.4 Å². The van der Waals surface area contributed by atoms with Gasteiger partial charge in [-0.05, 0) is 56.0 Å². The van der Waals surface area contributed by atoms with Gasteiger partial charge in [-0.3, -0.25) is 9.36 Å². The van der Waals surface area contributed by atoms with E-state index in [1.165, 1.54) is 5.56 Å². The number of benzene rings is 2. The molecule has 0 saturated heterocycles. The van der Waals surface area contributed by atoms with E-state index in [9.17, 15) is 4.79 Å². The SMILES string of the molecule is CCC(C)NC(=O)CCCCSc1nnc(Cc2ccccc2)n1-c1ccc(OC)cc1. The molecule has 170 valence electrons. The molecule has 1 heterocycles. The lowest BCUT2D eigenvalue weighted by Gasteiger charge is -2.12. The maximum atomic E-state index is 12.0. The molecule has 0 bridgehead atoms. The number of amides is 1. The summed E-state index contributed by atoms with van der Waals surface area (Å²) in [6, 6.07) is 18.5. The van der Waals surface area contributed by atoms with Gasteiger partial charge in [0.1, 0.15) is 11.6 Å². The maximum absolute atomic E-state index is 12.0. The maximum Gasteiger partial charge on any atom is 0.220 e. The van der Waals surface area contributed by atoms with Gasteiger partial charge in [0.05, 0.1) is 7.11 Å². The minimum Gasteiger partial charge on any atom is -0.497 e. The molecule has 3 rings (SSSR count). The highest BCUT2D eigenvalue weighted by molar-refractivity contribution is 7.99. The zero-order chi connectivity index (χ0) is 22.8. The first-order valence-corrected chi connectivity index (χ1v) is 12.1. The minimum atomic E-state index is 0.135. The van der Waals surface area contributed by atoms with Crippen LogP contribution < -0.4 is 10.1 Å². The van der Waals surface area contributed by atoms with Crippen molar-refractivity contribution >= 4 is 17.7 Å². The van der Waals surface area contributed by atoms with E-state index in [0.29, 0.717) is 12.8 Å². The van der Waals surface area contributed by atoms with E-state index in [-0.39, 0.29) is 11.9 Å². The molecule has 0 aliphatic carbocycles. The van der Waals surface area contributed by atoms with Crippen LogP contribution >= 0.6 is 11.8 Å². The zero-order valence-electron chi connectivity index (χ0n) is 19.1. The van der Waals surface area contributed by atoms with Gasteiger partial charge < -0.3 is 10.1 Å². The number of thioether (sulfide) groups is 1. The second-order valence-electron chi connectivity index (χ2n) is 7.78. The zero-order valence-corrected chi connectivity index (χ0v) is 19.9. The summed E-state index contributed by atoms with van der Waals surface area (Å²) in [6.45, 7) is 4.11. The lowest BCUT2D eigenvalue weighted by atomic mass is 10.1. The Kier molecular flexibility index (Phi) is 9.16. The summed E-state index contributed by atoms with van der Waals surface area (Å²) in [6.07, 6.45) is 4.03. The third-order valence-corrected chi connectivity index (χ3v) is 6.30. The number of hydrogen-bond acceptors (Lipinski definition) is 5. The van der Waals surface area contributed by atoms with Gasteiger partial charge in [-0.2, -0.15) is 0 Å². The van der Waals surface area contributed by atoms with Crippen molar-refractivity contribution in [2.75, 3.05) is 12.9 Å². The monoisotopic (exact) mass is 452 g/mol. The van der Waals surface area contributed by atoms with Gasteiger partial charge in [0, 0.05) is 30.3 Å². The van der Waals surface area contributed by atoms with E-state index in [2.05, 4.69) is 39.1 Å². The predicted octanol–water partition coefficient (Wildman–Crippen LogP) is 5.04. The summed E-state index contributed by atoms with van der Waals surface area (Å²) in [7, 11) is 1.67. The molecule has 1 N–H and O–H groups in total. The van der Waals surface area contributed by atoms with Crippen molar-refractivity contribution in [2.24, 2.45) is 0 Å². The fourth-order valence-corrected chi connectivity index (χ4v) is 4.25.